The van der Waals surface area contributed by atoms with Crippen LogP contribution in [-0.2, 0) is 5.41 Å². The number of hydrogen-bond acceptors (Lipinski definition) is 2. The zero-order chi connectivity index (χ0) is 11.8. The Labute approximate surface area is 93.9 Å². The van der Waals surface area contributed by atoms with E-state index in [9.17, 15) is 4.39 Å². The molecule has 0 aliphatic heterocycles. The normalized spacial score (nSPS) is 11.8. The molecule has 2 rings (SSSR count). The minimum atomic E-state index is -0.298. The van der Waals surface area contributed by atoms with Gasteiger partial charge in [0.05, 0.1) is 11.9 Å². The van der Waals surface area contributed by atoms with Gasteiger partial charge in [-0.2, -0.15) is 0 Å². The molecule has 0 spiro atoms. The molecule has 0 radical (unpaired) electrons. The van der Waals surface area contributed by atoms with Crippen molar-refractivity contribution in [3.63, 3.8) is 0 Å². The lowest BCUT2D eigenvalue weighted by Gasteiger charge is -2.12. The second kappa shape index (κ2) is 3.70. The van der Waals surface area contributed by atoms with Crippen molar-refractivity contribution in [2.45, 2.75) is 26.2 Å². The van der Waals surface area contributed by atoms with Gasteiger partial charge < -0.3 is 0 Å². The number of hydrogen-bond donors (Lipinski definition) is 0. The fourth-order valence-corrected chi connectivity index (χ4v) is 1.36. The highest BCUT2D eigenvalue weighted by Gasteiger charge is 2.18. The van der Waals surface area contributed by atoms with E-state index >= 15 is 0 Å². The molecule has 0 N–H and O–H groups in total. The smallest absolute Gasteiger partial charge is 0.148 e. The summed E-state index contributed by atoms with van der Waals surface area (Å²) in [6.45, 7) is 6.13. The molecule has 1 aromatic heterocycles. The Morgan fingerprint density at radius 2 is 1.88 bits per heavy atom. The van der Waals surface area contributed by atoms with Gasteiger partial charge in [-0.25, -0.2) is 9.07 Å². The summed E-state index contributed by atoms with van der Waals surface area (Å²) in [6, 6.07) is 6.52. The minimum Gasteiger partial charge on any atom is -0.217 e. The maximum Gasteiger partial charge on any atom is 0.148 e. The number of para-hydroxylation sites is 1. The van der Waals surface area contributed by atoms with Crippen LogP contribution in [0, 0.1) is 5.82 Å². The summed E-state index contributed by atoms with van der Waals surface area (Å²) in [6.07, 6.45) is 1.76. The van der Waals surface area contributed by atoms with Crippen LogP contribution in [0.5, 0.6) is 0 Å². The van der Waals surface area contributed by atoms with E-state index in [-0.39, 0.29) is 11.2 Å². The van der Waals surface area contributed by atoms with E-state index in [4.69, 9.17) is 0 Å². The fraction of sp³-hybridized carbons (Fsp3) is 0.333. The Bertz CT molecular complexity index is 497. The summed E-state index contributed by atoms with van der Waals surface area (Å²) in [5.74, 6) is -0.298. The zero-order valence-corrected chi connectivity index (χ0v) is 9.61. The number of halogens is 1. The van der Waals surface area contributed by atoms with E-state index in [2.05, 4.69) is 10.3 Å². The lowest BCUT2D eigenvalue weighted by molar-refractivity contribution is 0.566. The van der Waals surface area contributed by atoms with Crippen LogP contribution in [0.3, 0.4) is 0 Å². The van der Waals surface area contributed by atoms with Crippen LogP contribution < -0.4 is 0 Å². The van der Waals surface area contributed by atoms with Crippen LogP contribution in [0.1, 0.15) is 26.5 Å². The zero-order valence-electron chi connectivity index (χ0n) is 9.61. The summed E-state index contributed by atoms with van der Waals surface area (Å²) >= 11 is 0. The highest BCUT2D eigenvalue weighted by molar-refractivity contribution is 5.32. The van der Waals surface area contributed by atoms with Crippen molar-refractivity contribution in [3.8, 4) is 5.69 Å². The first-order chi connectivity index (χ1) is 7.48. The first kappa shape index (κ1) is 10.8. The molecule has 16 heavy (non-hydrogen) atoms. The highest BCUT2D eigenvalue weighted by Crippen LogP contribution is 2.20. The Hall–Kier alpha value is -1.71. The summed E-state index contributed by atoms with van der Waals surface area (Å²) in [7, 11) is 0. The van der Waals surface area contributed by atoms with Crippen molar-refractivity contribution in [2.75, 3.05) is 0 Å². The number of nitrogens with zero attached hydrogens (tertiary/aromatic N) is 3. The van der Waals surface area contributed by atoms with Crippen molar-refractivity contribution in [2.24, 2.45) is 0 Å². The van der Waals surface area contributed by atoms with E-state index in [1.54, 1.807) is 24.4 Å². The monoisotopic (exact) mass is 219 g/mol. The van der Waals surface area contributed by atoms with Crippen molar-refractivity contribution in [1.29, 1.82) is 0 Å². The molecule has 84 valence electrons. The van der Waals surface area contributed by atoms with Crippen LogP contribution >= 0.6 is 0 Å². The predicted octanol–water partition coefficient (Wildman–Crippen LogP) is 2.70. The molecule has 0 aliphatic carbocycles. The summed E-state index contributed by atoms with van der Waals surface area (Å²) in [5, 5.41) is 7.99. The van der Waals surface area contributed by atoms with E-state index in [0.717, 1.165) is 5.69 Å². The SMILES string of the molecule is CC(C)(C)c1cn(-c2ccccc2F)nn1. The Morgan fingerprint density at radius 3 is 2.44 bits per heavy atom. The highest BCUT2D eigenvalue weighted by atomic mass is 19.1. The molecule has 0 fully saturated rings. The van der Waals surface area contributed by atoms with Gasteiger partial charge in [-0.15, -0.1) is 5.10 Å². The summed E-state index contributed by atoms with van der Waals surface area (Å²) < 4.78 is 15.0. The molecule has 0 saturated heterocycles. The van der Waals surface area contributed by atoms with Gasteiger partial charge in [-0.3, -0.25) is 0 Å². The van der Waals surface area contributed by atoms with Crippen LogP contribution in [0.15, 0.2) is 30.5 Å². The largest absolute Gasteiger partial charge is 0.217 e. The van der Waals surface area contributed by atoms with E-state index in [1.165, 1.54) is 10.7 Å². The fourth-order valence-electron chi connectivity index (χ4n) is 1.36. The third-order valence-electron chi connectivity index (χ3n) is 2.36. The molecule has 1 aromatic carbocycles. The van der Waals surface area contributed by atoms with Crippen LogP contribution in [-0.4, -0.2) is 15.0 Å². The second-order valence-electron chi connectivity index (χ2n) is 4.75. The minimum absolute atomic E-state index is 0.0799. The molecule has 3 nitrogen and oxygen atoms in total. The van der Waals surface area contributed by atoms with Gasteiger partial charge in [0.1, 0.15) is 11.5 Å². The molecule has 1 heterocycles. The van der Waals surface area contributed by atoms with Gasteiger partial charge in [0.25, 0.3) is 0 Å². The topological polar surface area (TPSA) is 30.7 Å². The van der Waals surface area contributed by atoms with Crippen LogP contribution in [0.25, 0.3) is 5.69 Å². The number of rotatable bonds is 1. The van der Waals surface area contributed by atoms with Crippen molar-refractivity contribution in [3.05, 3.63) is 42.0 Å². The van der Waals surface area contributed by atoms with Crippen LogP contribution in [0.2, 0.25) is 0 Å². The van der Waals surface area contributed by atoms with Crippen LogP contribution in [0.4, 0.5) is 4.39 Å². The Morgan fingerprint density at radius 1 is 1.19 bits per heavy atom. The maximum atomic E-state index is 13.5. The number of benzene rings is 1. The average molecular weight is 219 g/mol. The third kappa shape index (κ3) is 1.96. The first-order valence-electron chi connectivity index (χ1n) is 5.16. The lowest BCUT2D eigenvalue weighted by Crippen LogP contribution is -2.11. The Balaban J connectivity index is 2.44. The van der Waals surface area contributed by atoms with Crippen molar-refractivity contribution >= 4 is 0 Å². The Kier molecular flexibility index (Phi) is 2.50. The van der Waals surface area contributed by atoms with Gasteiger partial charge in [-0.05, 0) is 12.1 Å². The molecule has 0 aliphatic rings. The third-order valence-corrected chi connectivity index (χ3v) is 2.36. The second-order valence-corrected chi connectivity index (χ2v) is 4.75. The standard InChI is InChI=1S/C12H14FN3/c1-12(2,3)11-8-16(15-14-11)10-7-5-4-6-9(10)13/h4-8H,1-3H3. The molecule has 4 heteroatoms. The molecule has 0 saturated carbocycles. The molecular weight excluding hydrogens is 205 g/mol. The van der Waals surface area contributed by atoms with Gasteiger partial charge in [0.15, 0.2) is 0 Å². The molecular formula is C12H14FN3. The van der Waals surface area contributed by atoms with E-state index in [1.807, 2.05) is 20.8 Å². The van der Waals surface area contributed by atoms with Crippen molar-refractivity contribution < 1.29 is 4.39 Å². The van der Waals surface area contributed by atoms with Gasteiger partial charge >= 0.3 is 0 Å². The molecule has 0 amide bonds. The molecule has 2 aromatic rings. The van der Waals surface area contributed by atoms with Crippen molar-refractivity contribution in [1.82, 2.24) is 15.0 Å². The predicted molar refractivity (Wildman–Crippen MR) is 60.0 cm³/mol. The quantitative estimate of drug-likeness (QED) is 0.738. The van der Waals surface area contributed by atoms with E-state index in [0.29, 0.717) is 5.69 Å². The lowest BCUT2D eigenvalue weighted by atomic mass is 9.93. The summed E-state index contributed by atoms with van der Waals surface area (Å²) in [5.41, 5.74) is 1.19. The molecule has 0 unspecified atom stereocenters. The first-order valence-corrected chi connectivity index (χ1v) is 5.16. The maximum absolute atomic E-state index is 13.5. The summed E-state index contributed by atoms with van der Waals surface area (Å²) in [4.78, 5) is 0. The number of aromatic nitrogens is 3. The molecule has 0 bridgehead atoms. The van der Waals surface area contributed by atoms with Gasteiger partial charge in [-0.1, -0.05) is 38.1 Å². The van der Waals surface area contributed by atoms with E-state index < -0.39 is 0 Å². The average Bonchev–Trinajstić information content (AvgIpc) is 2.66. The van der Waals surface area contributed by atoms with Gasteiger partial charge in [0, 0.05) is 5.41 Å². The molecule has 0 atom stereocenters. The van der Waals surface area contributed by atoms with Gasteiger partial charge in [0.2, 0.25) is 0 Å².